The molecule has 1 aromatic carbocycles. The highest BCUT2D eigenvalue weighted by Crippen LogP contribution is 2.19. The smallest absolute Gasteiger partial charge is 0.307 e. The first kappa shape index (κ1) is 12.5. The van der Waals surface area contributed by atoms with Crippen molar-refractivity contribution in [2.75, 3.05) is 6.61 Å². The fourth-order valence-electron chi connectivity index (χ4n) is 1.38. The summed E-state index contributed by atoms with van der Waals surface area (Å²) in [4.78, 5) is 10.9. The van der Waals surface area contributed by atoms with Gasteiger partial charge >= 0.3 is 5.97 Å². The zero-order valence-corrected chi connectivity index (χ0v) is 11.8. The van der Waals surface area contributed by atoms with E-state index in [0.29, 0.717) is 28.0 Å². The molecule has 86 valence electrons. The first-order valence-corrected chi connectivity index (χ1v) is 6.22. The molecule has 0 amide bonds. The van der Waals surface area contributed by atoms with Crippen molar-refractivity contribution in [1.82, 2.24) is 0 Å². The Balaban J connectivity index is 3.03. The van der Waals surface area contributed by atoms with Crippen LogP contribution in [0.25, 0.3) is 5.76 Å². The molecule has 3 nitrogen and oxygen atoms in total. The first-order chi connectivity index (χ1) is 7.65. The second kappa shape index (κ2) is 6.12. The van der Waals surface area contributed by atoms with Crippen molar-refractivity contribution in [2.24, 2.45) is 0 Å². The zero-order chi connectivity index (χ0) is 12.0. The largest absolute Gasteiger partial charge is 0.490 e. The van der Waals surface area contributed by atoms with E-state index < -0.39 is 0 Å². The SMILES string of the molecule is CCOC(=C([SiH3])OC(C)=O)c1ccccc1. The van der Waals surface area contributed by atoms with Crippen molar-refractivity contribution in [2.45, 2.75) is 13.8 Å². The third kappa shape index (κ3) is 3.55. The van der Waals surface area contributed by atoms with Gasteiger partial charge in [-0.3, -0.25) is 4.79 Å². The Morgan fingerprint density at radius 3 is 2.44 bits per heavy atom. The maximum absolute atomic E-state index is 10.9. The molecule has 0 aliphatic carbocycles. The van der Waals surface area contributed by atoms with Crippen molar-refractivity contribution < 1.29 is 14.3 Å². The predicted molar refractivity (Wildman–Crippen MR) is 66.7 cm³/mol. The molecule has 0 fully saturated rings. The summed E-state index contributed by atoms with van der Waals surface area (Å²) >= 11 is 0. The van der Waals surface area contributed by atoms with Gasteiger partial charge in [0.25, 0.3) is 0 Å². The van der Waals surface area contributed by atoms with Crippen LogP contribution in [0, 0.1) is 0 Å². The summed E-state index contributed by atoms with van der Waals surface area (Å²) in [5.74, 6) is 0.364. The lowest BCUT2D eigenvalue weighted by atomic mass is 10.2. The Kier molecular flexibility index (Phi) is 4.79. The molecule has 0 spiro atoms. The minimum absolute atomic E-state index is 0.307. The number of rotatable bonds is 4. The third-order valence-corrected chi connectivity index (χ3v) is 2.60. The van der Waals surface area contributed by atoms with Gasteiger partial charge in [0.05, 0.1) is 16.8 Å². The molecule has 0 radical (unpaired) electrons. The Morgan fingerprint density at radius 1 is 1.31 bits per heavy atom. The molecule has 16 heavy (non-hydrogen) atoms. The molecular weight excluding hydrogens is 220 g/mol. The Labute approximate surface area is 98.5 Å². The molecule has 0 aliphatic heterocycles. The lowest BCUT2D eigenvalue weighted by Crippen LogP contribution is -2.04. The molecule has 0 aliphatic rings. The maximum Gasteiger partial charge on any atom is 0.307 e. The third-order valence-electron chi connectivity index (χ3n) is 1.94. The number of ether oxygens (including phenoxy) is 2. The van der Waals surface area contributed by atoms with E-state index in [9.17, 15) is 4.79 Å². The number of esters is 1. The minimum atomic E-state index is -0.307. The van der Waals surface area contributed by atoms with Crippen molar-refractivity contribution >= 4 is 22.0 Å². The predicted octanol–water partition coefficient (Wildman–Crippen LogP) is 1.28. The molecule has 4 heteroatoms. The standard InChI is InChI=1S/C12H16O3Si/c1-3-14-11(12(16)15-9(2)13)10-7-5-4-6-8-10/h4-8H,3H2,1-2,16H3. The van der Waals surface area contributed by atoms with Crippen molar-refractivity contribution in [1.29, 1.82) is 0 Å². The highest BCUT2D eigenvalue weighted by molar-refractivity contribution is 6.24. The zero-order valence-electron chi connectivity index (χ0n) is 9.82. The summed E-state index contributed by atoms with van der Waals surface area (Å²) in [6.07, 6.45) is 0. The summed E-state index contributed by atoms with van der Waals surface area (Å²) in [6.45, 7) is 3.86. The van der Waals surface area contributed by atoms with Gasteiger partial charge in [-0.25, -0.2) is 0 Å². The quantitative estimate of drug-likeness (QED) is 0.449. The Hall–Kier alpha value is -1.55. The van der Waals surface area contributed by atoms with Crippen LogP contribution in [0.15, 0.2) is 35.7 Å². The number of hydrogen-bond acceptors (Lipinski definition) is 3. The van der Waals surface area contributed by atoms with Gasteiger partial charge in [0.15, 0.2) is 5.76 Å². The highest BCUT2D eigenvalue weighted by Gasteiger charge is 2.09. The summed E-state index contributed by atoms with van der Waals surface area (Å²) in [5.41, 5.74) is 0.940. The maximum atomic E-state index is 10.9. The van der Waals surface area contributed by atoms with Crippen molar-refractivity contribution in [3.05, 3.63) is 41.3 Å². The van der Waals surface area contributed by atoms with Crippen LogP contribution in [0.4, 0.5) is 0 Å². The summed E-state index contributed by atoms with van der Waals surface area (Å²) in [6, 6.07) is 9.67. The van der Waals surface area contributed by atoms with Gasteiger partial charge in [0.2, 0.25) is 0 Å². The average Bonchev–Trinajstić information content (AvgIpc) is 2.26. The lowest BCUT2D eigenvalue weighted by molar-refractivity contribution is -0.136. The normalized spacial score (nSPS) is 11.9. The van der Waals surface area contributed by atoms with E-state index >= 15 is 0 Å². The molecule has 0 atom stereocenters. The van der Waals surface area contributed by atoms with E-state index in [0.717, 1.165) is 5.56 Å². The topological polar surface area (TPSA) is 35.5 Å². The van der Waals surface area contributed by atoms with E-state index in [1.807, 2.05) is 37.3 Å². The van der Waals surface area contributed by atoms with E-state index in [-0.39, 0.29) is 5.97 Å². The molecule has 0 saturated heterocycles. The van der Waals surface area contributed by atoms with Crippen LogP contribution in [0.1, 0.15) is 19.4 Å². The van der Waals surface area contributed by atoms with Gasteiger partial charge < -0.3 is 9.47 Å². The first-order valence-electron chi connectivity index (χ1n) is 5.22. The molecule has 0 aromatic heterocycles. The molecule has 0 saturated carbocycles. The fourth-order valence-corrected chi connectivity index (χ4v) is 2.10. The highest BCUT2D eigenvalue weighted by atomic mass is 28.1. The van der Waals surface area contributed by atoms with Crippen molar-refractivity contribution in [3.8, 4) is 0 Å². The van der Waals surface area contributed by atoms with Crippen LogP contribution in [0.5, 0.6) is 0 Å². The second-order valence-corrected chi connectivity index (χ2v) is 4.19. The summed E-state index contributed by atoms with van der Waals surface area (Å²) in [7, 11) is 0.631. The minimum Gasteiger partial charge on any atom is -0.490 e. The Morgan fingerprint density at radius 2 is 1.94 bits per heavy atom. The number of carbonyl (C=O) groups excluding carboxylic acids is 1. The summed E-state index contributed by atoms with van der Waals surface area (Å²) in [5, 5.41) is 0.626. The Bertz CT molecular complexity index is 385. The number of carbonyl (C=O) groups is 1. The van der Waals surface area contributed by atoms with Gasteiger partial charge in [-0.15, -0.1) is 0 Å². The van der Waals surface area contributed by atoms with Crippen LogP contribution in [0.2, 0.25) is 0 Å². The van der Waals surface area contributed by atoms with Gasteiger partial charge in [-0.1, -0.05) is 30.3 Å². The summed E-state index contributed by atoms with van der Waals surface area (Å²) < 4.78 is 10.6. The molecule has 0 bridgehead atoms. The fraction of sp³-hybridized carbons (Fsp3) is 0.250. The van der Waals surface area contributed by atoms with Crippen LogP contribution >= 0.6 is 0 Å². The van der Waals surface area contributed by atoms with E-state index in [1.54, 1.807) is 0 Å². The molecule has 1 rings (SSSR count). The van der Waals surface area contributed by atoms with Crippen LogP contribution in [-0.4, -0.2) is 22.8 Å². The molecule has 0 heterocycles. The van der Waals surface area contributed by atoms with Crippen LogP contribution in [0.3, 0.4) is 0 Å². The van der Waals surface area contributed by atoms with Gasteiger partial charge in [0, 0.05) is 12.5 Å². The molecule has 0 N–H and O–H groups in total. The van der Waals surface area contributed by atoms with Crippen LogP contribution in [-0.2, 0) is 14.3 Å². The molecule has 1 aromatic rings. The molecular formula is C12H16O3Si. The number of hydrogen-bond donors (Lipinski definition) is 0. The van der Waals surface area contributed by atoms with E-state index in [4.69, 9.17) is 9.47 Å². The average molecular weight is 236 g/mol. The van der Waals surface area contributed by atoms with Crippen molar-refractivity contribution in [3.63, 3.8) is 0 Å². The van der Waals surface area contributed by atoms with E-state index in [2.05, 4.69) is 0 Å². The molecule has 0 unspecified atom stereocenters. The van der Waals surface area contributed by atoms with Gasteiger partial charge in [0.1, 0.15) is 5.38 Å². The van der Waals surface area contributed by atoms with Gasteiger partial charge in [-0.2, -0.15) is 0 Å². The van der Waals surface area contributed by atoms with Gasteiger partial charge in [-0.05, 0) is 6.92 Å². The second-order valence-electron chi connectivity index (χ2n) is 3.28. The lowest BCUT2D eigenvalue weighted by Gasteiger charge is -2.12. The van der Waals surface area contributed by atoms with E-state index in [1.165, 1.54) is 6.92 Å². The monoisotopic (exact) mass is 236 g/mol. The number of benzene rings is 1. The van der Waals surface area contributed by atoms with Crippen LogP contribution < -0.4 is 0 Å².